The number of rotatable bonds is 13. The van der Waals surface area contributed by atoms with Crippen molar-refractivity contribution in [3.63, 3.8) is 0 Å². The first-order valence-electron chi connectivity index (χ1n) is 13.3. The van der Waals surface area contributed by atoms with Crippen LogP contribution in [-0.4, -0.2) is 65.6 Å². The number of thioether (sulfide) groups is 1. The van der Waals surface area contributed by atoms with E-state index in [0.29, 0.717) is 24.1 Å². The van der Waals surface area contributed by atoms with Crippen LogP contribution in [-0.2, 0) is 32.1 Å². The summed E-state index contributed by atoms with van der Waals surface area (Å²) in [6, 6.07) is 7.01. The summed E-state index contributed by atoms with van der Waals surface area (Å²) in [6.07, 6.45) is -0.349. The monoisotopic (exact) mass is 595 g/mol. The van der Waals surface area contributed by atoms with Gasteiger partial charge in [0.25, 0.3) is 5.91 Å². The van der Waals surface area contributed by atoms with Crippen LogP contribution in [0, 0.1) is 23.4 Å². The van der Waals surface area contributed by atoms with Crippen molar-refractivity contribution in [2.24, 2.45) is 17.4 Å². The van der Waals surface area contributed by atoms with Gasteiger partial charge in [0.05, 0.1) is 0 Å². The third kappa shape index (κ3) is 9.10. The molecule has 1 aliphatic rings. The molecule has 6 N–H and O–H groups in total. The lowest BCUT2D eigenvalue weighted by Gasteiger charge is -2.24. The van der Waals surface area contributed by atoms with Crippen LogP contribution in [0.1, 0.15) is 31.4 Å². The van der Waals surface area contributed by atoms with E-state index in [1.54, 1.807) is 12.1 Å². The van der Waals surface area contributed by atoms with Crippen molar-refractivity contribution in [2.45, 2.75) is 50.7 Å². The molecule has 224 valence electrons. The van der Waals surface area contributed by atoms with Gasteiger partial charge < -0.3 is 31.7 Å². The maximum absolute atomic E-state index is 14.0. The number of amides is 2. The first-order valence-corrected chi connectivity index (χ1v) is 14.3. The number of benzene rings is 2. The second-order valence-corrected chi connectivity index (χ2v) is 11.3. The van der Waals surface area contributed by atoms with E-state index < -0.39 is 34.9 Å². The molecule has 1 aliphatic heterocycles. The zero-order valence-corrected chi connectivity index (χ0v) is 23.8. The number of anilines is 1. The first kappa shape index (κ1) is 32.2. The Kier molecular flexibility index (Phi) is 11.9. The van der Waals surface area contributed by atoms with Gasteiger partial charge in [0.2, 0.25) is 5.91 Å². The van der Waals surface area contributed by atoms with Crippen molar-refractivity contribution < 1.29 is 32.3 Å². The molecule has 0 saturated carbocycles. The zero-order valence-electron chi connectivity index (χ0n) is 23.0. The number of hydrogen-bond acceptors (Lipinski definition) is 8. The smallest absolute Gasteiger partial charge is 0.328 e. The zero-order chi connectivity index (χ0) is 30.1. The van der Waals surface area contributed by atoms with Crippen LogP contribution >= 0.6 is 11.8 Å². The average molecular weight is 596 g/mol. The fourth-order valence-electron chi connectivity index (χ4n) is 4.28. The Hall–Kier alpha value is -3.29. The molecule has 2 aromatic carbocycles. The lowest BCUT2D eigenvalue weighted by atomic mass is 10.0. The van der Waals surface area contributed by atoms with Crippen LogP contribution in [0.3, 0.4) is 0 Å². The summed E-state index contributed by atoms with van der Waals surface area (Å²) in [5.74, 6) is -4.00. The molecule has 1 fully saturated rings. The predicted molar refractivity (Wildman–Crippen MR) is 151 cm³/mol. The molecule has 41 heavy (non-hydrogen) atoms. The lowest BCUT2D eigenvalue weighted by molar-refractivity contribution is -0.145. The molecule has 2 amide bonds. The topological polar surface area (TPSA) is 140 Å². The summed E-state index contributed by atoms with van der Waals surface area (Å²) in [6.45, 7) is 4.77. The molecule has 2 aromatic rings. The molecular formula is C28H36F3N5O4S. The van der Waals surface area contributed by atoms with Crippen molar-refractivity contribution in [1.29, 1.82) is 0 Å². The SMILES string of the molecule is CC(C)[C@@H](Nc1ccc(CNC(=O)[C@@H]2SCCN2C(=O)C[C@H](N)Cc2cc(F)c(F)cc2F)cc1)C(=O)OCCN. The van der Waals surface area contributed by atoms with Crippen LogP contribution in [0.5, 0.6) is 0 Å². The molecule has 0 radical (unpaired) electrons. The second-order valence-electron chi connectivity index (χ2n) is 10.1. The van der Waals surface area contributed by atoms with E-state index in [1.807, 2.05) is 26.0 Å². The van der Waals surface area contributed by atoms with Gasteiger partial charge in [-0.1, -0.05) is 26.0 Å². The number of nitrogens with two attached hydrogens (primary N) is 2. The maximum Gasteiger partial charge on any atom is 0.328 e. The molecule has 9 nitrogen and oxygen atoms in total. The molecule has 1 saturated heterocycles. The minimum absolute atomic E-state index is 0.0181. The fourth-order valence-corrected chi connectivity index (χ4v) is 5.44. The third-order valence-corrected chi connectivity index (χ3v) is 7.67. The van der Waals surface area contributed by atoms with Crippen LogP contribution in [0.25, 0.3) is 0 Å². The number of hydrogen-bond donors (Lipinski definition) is 4. The van der Waals surface area contributed by atoms with Gasteiger partial charge in [0.15, 0.2) is 17.0 Å². The molecule has 0 unspecified atom stereocenters. The Bertz CT molecular complexity index is 1220. The number of esters is 1. The summed E-state index contributed by atoms with van der Waals surface area (Å²) in [7, 11) is 0. The Morgan fingerprint density at radius 1 is 1.10 bits per heavy atom. The van der Waals surface area contributed by atoms with Gasteiger partial charge in [-0.25, -0.2) is 18.0 Å². The van der Waals surface area contributed by atoms with E-state index in [2.05, 4.69) is 10.6 Å². The van der Waals surface area contributed by atoms with Crippen molar-refractivity contribution >= 4 is 35.2 Å². The molecule has 0 spiro atoms. The Balaban J connectivity index is 1.51. The lowest BCUT2D eigenvalue weighted by Crippen LogP contribution is -2.46. The molecule has 0 aliphatic carbocycles. The number of halogens is 3. The fraction of sp³-hybridized carbons (Fsp3) is 0.464. The molecule has 3 atom stereocenters. The highest BCUT2D eigenvalue weighted by Gasteiger charge is 2.35. The summed E-state index contributed by atoms with van der Waals surface area (Å²) < 4.78 is 45.8. The summed E-state index contributed by atoms with van der Waals surface area (Å²) in [5.41, 5.74) is 12.8. The van der Waals surface area contributed by atoms with Crippen molar-refractivity contribution in [3.8, 4) is 0 Å². The van der Waals surface area contributed by atoms with Gasteiger partial charge in [0.1, 0.15) is 18.5 Å². The molecular weight excluding hydrogens is 559 g/mol. The Morgan fingerprint density at radius 2 is 1.78 bits per heavy atom. The van der Waals surface area contributed by atoms with E-state index in [-0.39, 0.29) is 61.8 Å². The van der Waals surface area contributed by atoms with E-state index in [9.17, 15) is 27.6 Å². The highest BCUT2D eigenvalue weighted by atomic mass is 32.2. The quantitative estimate of drug-likeness (QED) is 0.205. The van der Waals surface area contributed by atoms with Gasteiger partial charge in [0, 0.05) is 49.6 Å². The van der Waals surface area contributed by atoms with Gasteiger partial charge >= 0.3 is 5.97 Å². The highest BCUT2D eigenvalue weighted by molar-refractivity contribution is 8.00. The average Bonchev–Trinajstić information content (AvgIpc) is 3.43. The first-order chi connectivity index (χ1) is 19.5. The number of ether oxygens (including phenoxy) is 1. The van der Waals surface area contributed by atoms with Gasteiger partial charge in [-0.3, -0.25) is 9.59 Å². The summed E-state index contributed by atoms with van der Waals surface area (Å²) >= 11 is 1.32. The normalized spacial score (nSPS) is 16.4. The van der Waals surface area contributed by atoms with E-state index in [1.165, 1.54) is 16.7 Å². The van der Waals surface area contributed by atoms with E-state index in [0.717, 1.165) is 11.6 Å². The molecule has 0 bridgehead atoms. The van der Waals surface area contributed by atoms with Gasteiger partial charge in [-0.05, 0) is 41.7 Å². The summed E-state index contributed by atoms with van der Waals surface area (Å²) in [5, 5.41) is 5.26. The molecule has 0 aromatic heterocycles. The summed E-state index contributed by atoms with van der Waals surface area (Å²) in [4.78, 5) is 39.5. The minimum Gasteiger partial charge on any atom is -0.463 e. The number of nitrogens with one attached hydrogen (secondary N) is 2. The van der Waals surface area contributed by atoms with Crippen LogP contribution in [0.4, 0.5) is 18.9 Å². The number of carbonyl (C=O) groups is 3. The Labute approximate surface area is 241 Å². The van der Waals surface area contributed by atoms with Crippen molar-refractivity contribution in [3.05, 3.63) is 65.0 Å². The third-order valence-electron chi connectivity index (χ3n) is 6.47. The Morgan fingerprint density at radius 3 is 2.44 bits per heavy atom. The highest BCUT2D eigenvalue weighted by Crippen LogP contribution is 2.26. The molecule has 13 heteroatoms. The number of carbonyl (C=O) groups excluding carboxylic acids is 3. The minimum atomic E-state index is -1.30. The van der Waals surface area contributed by atoms with Crippen LogP contribution < -0.4 is 22.1 Å². The van der Waals surface area contributed by atoms with Crippen molar-refractivity contribution in [2.75, 3.05) is 30.8 Å². The van der Waals surface area contributed by atoms with Gasteiger partial charge in [-0.15, -0.1) is 11.8 Å². The van der Waals surface area contributed by atoms with E-state index >= 15 is 0 Å². The predicted octanol–water partition coefficient (Wildman–Crippen LogP) is 2.52. The standard InChI is InChI=1S/C28H36F3N5O4S/c1-16(2)25(28(39)40-9-7-32)35-20-5-3-17(4-6-20)15-34-26(38)27-36(8-10-41-27)24(37)13-19(33)11-18-12-22(30)23(31)14-21(18)29/h3-6,12,14,16,19,25,27,35H,7-11,13,15,32-33H2,1-2H3,(H,34,38)/t19-,25-,27+/m1/s1. The van der Waals surface area contributed by atoms with Crippen LogP contribution in [0.2, 0.25) is 0 Å². The second kappa shape index (κ2) is 15.1. The van der Waals surface area contributed by atoms with Crippen molar-refractivity contribution in [1.82, 2.24) is 10.2 Å². The number of nitrogens with zero attached hydrogens (tertiary/aromatic N) is 1. The largest absolute Gasteiger partial charge is 0.463 e. The maximum atomic E-state index is 14.0. The molecule has 1 heterocycles. The van der Waals surface area contributed by atoms with Crippen LogP contribution in [0.15, 0.2) is 36.4 Å². The van der Waals surface area contributed by atoms with E-state index in [4.69, 9.17) is 16.2 Å². The molecule has 3 rings (SSSR count). The van der Waals surface area contributed by atoms with Gasteiger partial charge in [-0.2, -0.15) is 0 Å².